The summed E-state index contributed by atoms with van der Waals surface area (Å²) in [5.41, 5.74) is -0.882. The van der Waals surface area contributed by atoms with Crippen molar-refractivity contribution in [2.45, 2.75) is 42.6 Å². The number of hydrogen-bond acceptors (Lipinski definition) is 5. The van der Waals surface area contributed by atoms with Crippen LogP contribution in [0.4, 0.5) is 0 Å². The van der Waals surface area contributed by atoms with Gasteiger partial charge in [0.15, 0.2) is 0 Å². The molecule has 4 N–H and O–H groups in total. The van der Waals surface area contributed by atoms with Crippen molar-refractivity contribution in [3.63, 3.8) is 0 Å². The number of amides is 1. The fraction of sp³-hybridized carbons (Fsp3) is 0.583. The van der Waals surface area contributed by atoms with Gasteiger partial charge < -0.3 is 10.4 Å². The smallest absolute Gasteiger partial charge is 0.262 e. The highest BCUT2D eigenvalue weighted by atomic mass is 32.2. The fourth-order valence-electron chi connectivity index (χ4n) is 2.40. The predicted octanol–water partition coefficient (Wildman–Crippen LogP) is 0.820. The lowest BCUT2D eigenvalue weighted by molar-refractivity contribution is 0.00527. The van der Waals surface area contributed by atoms with Crippen molar-refractivity contribution in [3.05, 3.63) is 16.3 Å². The van der Waals surface area contributed by atoms with E-state index in [0.717, 1.165) is 30.6 Å². The van der Waals surface area contributed by atoms with Crippen molar-refractivity contribution < 1.29 is 18.3 Å². The normalized spacial score (nSPS) is 18.7. The second kappa shape index (κ2) is 5.80. The number of sulfonamides is 1. The van der Waals surface area contributed by atoms with Gasteiger partial charge in [0.1, 0.15) is 9.77 Å². The Bertz CT molecular complexity index is 588. The summed E-state index contributed by atoms with van der Waals surface area (Å²) in [5.74, 6) is -0.511. The molecule has 2 rings (SSSR count). The summed E-state index contributed by atoms with van der Waals surface area (Å²) in [6, 6.07) is 1.31. The van der Waals surface area contributed by atoms with E-state index in [9.17, 15) is 18.3 Å². The van der Waals surface area contributed by atoms with Crippen molar-refractivity contribution >= 4 is 27.3 Å². The Morgan fingerprint density at radius 2 is 2.05 bits per heavy atom. The molecule has 0 aromatic carbocycles. The molecule has 1 aliphatic rings. The summed E-state index contributed by atoms with van der Waals surface area (Å²) >= 11 is 1.02. The van der Waals surface area contributed by atoms with Crippen LogP contribution in [-0.4, -0.2) is 31.6 Å². The number of carbonyl (C=O) groups excluding carboxylic acids is 1. The first-order valence-electron chi connectivity index (χ1n) is 6.43. The molecule has 0 atom stereocenters. The van der Waals surface area contributed by atoms with Crippen LogP contribution in [0.1, 0.15) is 41.8 Å². The highest BCUT2D eigenvalue weighted by molar-refractivity contribution is 7.89. The number of primary sulfonamides is 1. The van der Waals surface area contributed by atoms with Gasteiger partial charge in [0, 0.05) is 6.54 Å². The van der Waals surface area contributed by atoms with Gasteiger partial charge >= 0.3 is 0 Å². The minimum Gasteiger partial charge on any atom is -0.388 e. The molecule has 1 heterocycles. The topological polar surface area (TPSA) is 109 Å². The van der Waals surface area contributed by atoms with Crippen LogP contribution in [0.3, 0.4) is 0 Å². The van der Waals surface area contributed by atoms with Gasteiger partial charge in [-0.1, -0.05) is 19.3 Å². The van der Waals surface area contributed by atoms with Crippen molar-refractivity contribution in [1.82, 2.24) is 5.32 Å². The second-order valence-electron chi connectivity index (χ2n) is 5.13. The van der Waals surface area contributed by atoms with E-state index in [1.165, 1.54) is 11.4 Å². The molecule has 8 heteroatoms. The number of aliphatic hydroxyl groups is 1. The Morgan fingerprint density at radius 3 is 2.65 bits per heavy atom. The molecule has 0 radical (unpaired) electrons. The van der Waals surface area contributed by atoms with Gasteiger partial charge in [-0.05, 0) is 24.3 Å². The first-order valence-corrected chi connectivity index (χ1v) is 8.85. The fourth-order valence-corrected chi connectivity index (χ4v) is 4.29. The average Bonchev–Trinajstić information content (AvgIpc) is 2.86. The third kappa shape index (κ3) is 3.57. The Kier molecular flexibility index (Phi) is 4.48. The molecule has 1 aliphatic carbocycles. The third-order valence-electron chi connectivity index (χ3n) is 3.50. The standard InChI is InChI=1S/C12H18N2O4S2/c13-20(17,18)9-4-7-19-10(9)11(15)14-8-12(16)5-2-1-3-6-12/h4,7,16H,1-3,5-6,8H2,(H,14,15)(H2,13,17,18). The number of hydrogen-bond donors (Lipinski definition) is 3. The van der Waals surface area contributed by atoms with Crippen LogP contribution >= 0.6 is 11.3 Å². The molecular weight excluding hydrogens is 300 g/mol. The van der Waals surface area contributed by atoms with Gasteiger partial charge in [0.05, 0.1) is 5.60 Å². The van der Waals surface area contributed by atoms with Crippen molar-refractivity contribution in [2.75, 3.05) is 6.54 Å². The van der Waals surface area contributed by atoms with Crippen LogP contribution in [-0.2, 0) is 10.0 Å². The number of rotatable bonds is 4. The van der Waals surface area contributed by atoms with E-state index in [1.54, 1.807) is 0 Å². The third-order valence-corrected chi connectivity index (χ3v) is 5.50. The zero-order valence-electron chi connectivity index (χ0n) is 11.0. The Balaban J connectivity index is 2.04. The maximum atomic E-state index is 12.0. The Labute approximate surface area is 122 Å². The molecule has 0 saturated heterocycles. The number of nitrogens with two attached hydrogens (primary N) is 1. The van der Waals surface area contributed by atoms with E-state index in [0.29, 0.717) is 12.8 Å². The van der Waals surface area contributed by atoms with E-state index in [-0.39, 0.29) is 16.3 Å². The Morgan fingerprint density at radius 1 is 1.40 bits per heavy atom. The molecule has 0 bridgehead atoms. The Hall–Kier alpha value is -0.960. The predicted molar refractivity (Wildman–Crippen MR) is 76.1 cm³/mol. The molecule has 6 nitrogen and oxygen atoms in total. The van der Waals surface area contributed by atoms with Gasteiger partial charge in [0.25, 0.3) is 5.91 Å². The molecule has 1 fully saturated rings. The van der Waals surface area contributed by atoms with Crippen LogP contribution in [0, 0.1) is 0 Å². The largest absolute Gasteiger partial charge is 0.388 e. The van der Waals surface area contributed by atoms with Crippen LogP contribution in [0.5, 0.6) is 0 Å². The molecule has 1 amide bonds. The lowest BCUT2D eigenvalue weighted by Gasteiger charge is -2.32. The molecule has 0 unspecified atom stereocenters. The van der Waals surface area contributed by atoms with Crippen LogP contribution in [0.15, 0.2) is 16.3 Å². The molecule has 0 spiro atoms. The van der Waals surface area contributed by atoms with E-state index >= 15 is 0 Å². The second-order valence-corrected chi connectivity index (χ2v) is 7.57. The van der Waals surface area contributed by atoms with E-state index in [1.807, 2.05) is 0 Å². The van der Waals surface area contributed by atoms with Crippen LogP contribution in [0.2, 0.25) is 0 Å². The van der Waals surface area contributed by atoms with Crippen molar-refractivity contribution in [3.8, 4) is 0 Å². The summed E-state index contributed by atoms with van der Waals surface area (Å²) in [5, 5.41) is 19.5. The summed E-state index contributed by atoms with van der Waals surface area (Å²) in [6.45, 7) is 0.133. The number of thiophene rings is 1. The molecule has 112 valence electrons. The lowest BCUT2D eigenvalue weighted by atomic mass is 9.85. The van der Waals surface area contributed by atoms with Crippen molar-refractivity contribution in [1.29, 1.82) is 0 Å². The highest BCUT2D eigenvalue weighted by Crippen LogP contribution is 2.27. The molecule has 1 saturated carbocycles. The minimum absolute atomic E-state index is 0.0620. The quantitative estimate of drug-likeness (QED) is 0.763. The van der Waals surface area contributed by atoms with E-state index < -0.39 is 21.5 Å². The van der Waals surface area contributed by atoms with Crippen LogP contribution in [0.25, 0.3) is 0 Å². The molecule has 0 aliphatic heterocycles. The molecular formula is C12H18N2O4S2. The molecule has 1 aromatic heterocycles. The average molecular weight is 318 g/mol. The zero-order valence-corrected chi connectivity index (χ0v) is 12.6. The SMILES string of the molecule is NS(=O)(=O)c1ccsc1C(=O)NCC1(O)CCCCC1. The number of nitrogens with one attached hydrogen (secondary N) is 1. The van der Waals surface area contributed by atoms with E-state index in [4.69, 9.17) is 5.14 Å². The lowest BCUT2D eigenvalue weighted by Crippen LogP contribution is -2.44. The molecule has 1 aromatic rings. The van der Waals surface area contributed by atoms with Gasteiger partial charge in [-0.25, -0.2) is 13.6 Å². The van der Waals surface area contributed by atoms with E-state index in [2.05, 4.69) is 5.32 Å². The van der Waals surface area contributed by atoms with Crippen molar-refractivity contribution in [2.24, 2.45) is 5.14 Å². The summed E-state index contributed by atoms with van der Waals surface area (Å²) < 4.78 is 22.7. The number of carbonyl (C=O) groups is 1. The maximum absolute atomic E-state index is 12.0. The monoisotopic (exact) mass is 318 g/mol. The van der Waals surface area contributed by atoms with Gasteiger partial charge in [-0.2, -0.15) is 0 Å². The van der Waals surface area contributed by atoms with Crippen LogP contribution < -0.4 is 10.5 Å². The highest BCUT2D eigenvalue weighted by Gasteiger charge is 2.30. The zero-order chi connectivity index (χ0) is 14.8. The maximum Gasteiger partial charge on any atom is 0.262 e. The molecule has 20 heavy (non-hydrogen) atoms. The minimum atomic E-state index is -3.91. The summed E-state index contributed by atoms with van der Waals surface area (Å²) in [4.78, 5) is 11.9. The van der Waals surface area contributed by atoms with Gasteiger partial charge in [-0.3, -0.25) is 4.79 Å². The van der Waals surface area contributed by atoms with Gasteiger partial charge in [-0.15, -0.1) is 11.3 Å². The first kappa shape index (κ1) is 15.4. The first-order chi connectivity index (χ1) is 9.32. The summed E-state index contributed by atoms with van der Waals surface area (Å²) in [6.07, 6.45) is 4.28. The summed E-state index contributed by atoms with van der Waals surface area (Å²) in [7, 11) is -3.91. The van der Waals surface area contributed by atoms with Gasteiger partial charge in [0.2, 0.25) is 10.0 Å².